The van der Waals surface area contributed by atoms with Crippen molar-refractivity contribution >= 4 is 5.91 Å². The summed E-state index contributed by atoms with van der Waals surface area (Å²) in [4.78, 5) is 29.9. The Morgan fingerprint density at radius 2 is 1.79 bits per heavy atom. The van der Waals surface area contributed by atoms with Crippen LogP contribution in [0.25, 0.3) is 0 Å². The molecule has 0 bridgehead atoms. The molecule has 148 valence electrons. The molecule has 1 N–H and O–H groups in total. The van der Waals surface area contributed by atoms with Gasteiger partial charge in [0.25, 0.3) is 0 Å². The highest BCUT2D eigenvalue weighted by atomic mass is 16.5. The first-order valence-corrected chi connectivity index (χ1v) is 10.2. The van der Waals surface area contributed by atoms with E-state index in [9.17, 15) is 9.59 Å². The molecule has 2 aromatic rings. The largest absolute Gasteiger partial charge is 0.497 e. The maximum absolute atomic E-state index is 13.6. The number of aromatic amines is 1. The van der Waals surface area contributed by atoms with Crippen LogP contribution in [0, 0.1) is 0 Å². The lowest BCUT2D eigenvalue weighted by molar-refractivity contribution is -0.138. The Labute approximate surface area is 165 Å². The maximum Gasteiger partial charge on any atom is 0.248 e. The Morgan fingerprint density at radius 1 is 1.11 bits per heavy atom. The van der Waals surface area contributed by atoms with Crippen LogP contribution in [0.4, 0.5) is 0 Å². The SMILES string of the molecule is COc1ccc(C2(C(=O)N3CCC(c4cc[nH]c(=O)c4)CC3)CCCC2)cc1. The van der Waals surface area contributed by atoms with Gasteiger partial charge in [0.2, 0.25) is 11.5 Å². The molecule has 0 unspecified atom stereocenters. The van der Waals surface area contributed by atoms with Crippen molar-refractivity contribution in [3.05, 3.63) is 64.1 Å². The second-order valence-corrected chi connectivity index (χ2v) is 8.07. The molecule has 0 radical (unpaired) electrons. The zero-order valence-electron chi connectivity index (χ0n) is 16.4. The molecule has 1 aromatic carbocycles. The van der Waals surface area contributed by atoms with Crippen LogP contribution in [0.2, 0.25) is 0 Å². The molecule has 2 aliphatic rings. The minimum Gasteiger partial charge on any atom is -0.497 e. The zero-order valence-corrected chi connectivity index (χ0v) is 16.4. The fourth-order valence-corrected chi connectivity index (χ4v) is 4.95. The molecule has 1 amide bonds. The monoisotopic (exact) mass is 380 g/mol. The zero-order chi connectivity index (χ0) is 19.6. The number of methoxy groups -OCH3 is 1. The van der Waals surface area contributed by atoms with E-state index in [2.05, 4.69) is 22.0 Å². The highest BCUT2D eigenvalue weighted by molar-refractivity contribution is 5.88. The number of carbonyl (C=O) groups excluding carboxylic acids is 1. The maximum atomic E-state index is 13.6. The van der Waals surface area contributed by atoms with Gasteiger partial charge in [0.05, 0.1) is 12.5 Å². The van der Waals surface area contributed by atoms with Gasteiger partial charge in [-0.1, -0.05) is 25.0 Å². The van der Waals surface area contributed by atoms with Gasteiger partial charge >= 0.3 is 0 Å². The van der Waals surface area contributed by atoms with E-state index >= 15 is 0 Å². The number of likely N-dealkylation sites (tertiary alicyclic amines) is 1. The van der Waals surface area contributed by atoms with Crippen LogP contribution in [0.1, 0.15) is 55.6 Å². The predicted octanol–water partition coefficient (Wildman–Crippen LogP) is 3.60. The third-order valence-corrected chi connectivity index (χ3v) is 6.56. The standard InChI is InChI=1S/C23H28N2O3/c1-28-20-6-4-19(5-7-20)23(11-2-3-12-23)22(27)25-14-9-17(10-15-25)18-8-13-24-21(26)16-18/h4-8,13,16-17H,2-3,9-12,14-15H2,1H3,(H,24,26). The summed E-state index contributed by atoms with van der Waals surface area (Å²) in [7, 11) is 1.66. The van der Waals surface area contributed by atoms with Gasteiger partial charge in [0, 0.05) is 25.4 Å². The molecule has 4 rings (SSSR count). The van der Waals surface area contributed by atoms with Crippen LogP contribution >= 0.6 is 0 Å². The van der Waals surface area contributed by atoms with Crippen molar-refractivity contribution in [2.24, 2.45) is 0 Å². The van der Waals surface area contributed by atoms with Crippen LogP contribution in [0.3, 0.4) is 0 Å². The van der Waals surface area contributed by atoms with Gasteiger partial charge < -0.3 is 14.6 Å². The third-order valence-electron chi connectivity index (χ3n) is 6.56. The lowest BCUT2D eigenvalue weighted by atomic mass is 9.76. The molecule has 2 heterocycles. The topological polar surface area (TPSA) is 62.4 Å². The Balaban J connectivity index is 1.50. The number of benzene rings is 1. The van der Waals surface area contributed by atoms with E-state index in [1.54, 1.807) is 19.4 Å². The first kappa shape index (κ1) is 18.8. The number of hydrogen-bond acceptors (Lipinski definition) is 3. The minimum absolute atomic E-state index is 0.0552. The van der Waals surface area contributed by atoms with Gasteiger partial charge in [-0.25, -0.2) is 0 Å². The second-order valence-electron chi connectivity index (χ2n) is 8.07. The number of H-pyrrole nitrogens is 1. The highest BCUT2D eigenvalue weighted by Gasteiger charge is 2.45. The van der Waals surface area contributed by atoms with E-state index in [0.717, 1.165) is 68.5 Å². The number of amides is 1. The van der Waals surface area contributed by atoms with E-state index in [1.165, 1.54) is 0 Å². The van der Waals surface area contributed by atoms with Crippen LogP contribution in [0.5, 0.6) is 5.75 Å². The van der Waals surface area contributed by atoms with Gasteiger partial charge in [0.1, 0.15) is 5.75 Å². The Kier molecular flexibility index (Phi) is 5.25. The van der Waals surface area contributed by atoms with E-state index in [0.29, 0.717) is 5.92 Å². The number of ether oxygens (including phenoxy) is 1. The first-order valence-electron chi connectivity index (χ1n) is 10.2. The van der Waals surface area contributed by atoms with E-state index in [1.807, 2.05) is 18.2 Å². The molecule has 28 heavy (non-hydrogen) atoms. The molecule has 1 aliphatic carbocycles. The number of nitrogens with zero attached hydrogens (tertiary/aromatic N) is 1. The molecular weight excluding hydrogens is 352 g/mol. The summed E-state index contributed by atoms with van der Waals surface area (Å²) in [6.45, 7) is 1.52. The molecule has 0 atom stereocenters. The Bertz CT molecular complexity index is 873. The normalized spacial score (nSPS) is 19.5. The Hall–Kier alpha value is -2.56. The number of hydrogen-bond donors (Lipinski definition) is 1. The molecule has 1 saturated heterocycles. The van der Waals surface area contributed by atoms with Gasteiger partial charge in [-0.3, -0.25) is 9.59 Å². The smallest absolute Gasteiger partial charge is 0.248 e. The Morgan fingerprint density at radius 3 is 2.39 bits per heavy atom. The highest BCUT2D eigenvalue weighted by Crippen LogP contribution is 2.44. The molecule has 5 nitrogen and oxygen atoms in total. The van der Waals surface area contributed by atoms with E-state index < -0.39 is 0 Å². The summed E-state index contributed by atoms with van der Waals surface area (Å²) in [5.41, 5.74) is 1.76. The van der Waals surface area contributed by atoms with Gasteiger partial charge in [0.15, 0.2) is 0 Å². The fourth-order valence-electron chi connectivity index (χ4n) is 4.95. The number of nitrogens with one attached hydrogen (secondary N) is 1. The van der Waals surface area contributed by atoms with Crippen molar-refractivity contribution in [2.75, 3.05) is 20.2 Å². The van der Waals surface area contributed by atoms with Crippen LogP contribution < -0.4 is 10.3 Å². The van der Waals surface area contributed by atoms with E-state index in [-0.39, 0.29) is 16.9 Å². The van der Waals surface area contributed by atoms with Gasteiger partial charge in [-0.2, -0.15) is 0 Å². The fraction of sp³-hybridized carbons (Fsp3) is 0.478. The molecule has 2 fully saturated rings. The second kappa shape index (κ2) is 7.82. The lowest BCUT2D eigenvalue weighted by Gasteiger charge is -2.39. The summed E-state index contributed by atoms with van der Waals surface area (Å²) in [5.74, 6) is 1.45. The summed E-state index contributed by atoms with van der Waals surface area (Å²) < 4.78 is 5.28. The molecule has 1 saturated carbocycles. The van der Waals surface area contributed by atoms with Crippen LogP contribution in [0.15, 0.2) is 47.4 Å². The minimum atomic E-state index is -0.386. The van der Waals surface area contributed by atoms with Crippen molar-refractivity contribution in [2.45, 2.75) is 49.9 Å². The van der Waals surface area contributed by atoms with Crippen molar-refractivity contribution in [1.82, 2.24) is 9.88 Å². The number of aromatic nitrogens is 1. The summed E-state index contributed by atoms with van der Waals surface area (Å²) in [6, 6.07) is 11.7. The van der Waals surface area contributed by atoms with Gasteiger partial charge in [-0.05, 0) is 60.9 Å². The summed E-state index contributed by atoms with van der Waals surface area (Å²) >= 11 is 0. The lowest BCUT2D eigenvalue weighted by Crippen LogP contribution is -2.48. The quantitative estimate of drug-likeness (QED) is 0.881. The number of piperidine rings is 1. The predicted molar refractivity (Wildman–Crippen MR) is 109 cm³/mol. The average Bonchev–Trinajstić information content (AvgIpc) is 3.24. The molecular formula is C23H28N2O3. The first-order chi connectivity index (χ1) is 13.6. The molecule has 0 spiro atoms. The van der Waals surface area contributed by atoms with Crippen molar-refractivity contribution in [3.8, 4) is 5.75 Å². The van der Waals surface area contributed by atoms with Crippen molar-refractivity contribution in [1.29, 1.82) is 0 Å². The third kappa shape index (κ3) is 3.46. The van der Waals surface area contributed by atoms with Gasteiger partial charge in [-0.15, -0.1) is 0 Å². The van der Waals surface area contributed by atoms with Crippen LogP contribution in [-0.2, 0) is 10.2 Å². The van der Waals surface area contributed by atoms with Crippen LogP contribution in [-0.4, -0.2) is 36.0 Å². The molecule has 5 heteroatoms. The summed E-state index contributed by atoms with van der Waals surface area (Å²) in [6.07, 6.45) is 7.58. The van der Waals surface area contributed by atoms with E-state index in [4.69, 9.17) is 4.74 Å². The number of carbonyl (C=O) groups is 1. The number of pyridine rings is 1. The van der Waals surface area contributed by atoms with Crippen molar-refractivity contribution < 1.29 is 9.53 Å². The number of rotatable bonds is 4. The van der Waals surface area contributed by atoms with Crippen molar-refractivity contribution in [3.63, 3.8) is 0 Å². The molecule has 1 aliphatic heterocycles. The molecule has 1 aromatic heterocycles. The summed E-state index contributed by atoms with van der Waals surface area (Å²) in [5, 5.41) is 0. The average molecular weight is 380 g/mol.